The van der Waals surface area contributed by atoms with Gasteiger partial charge in [-0.2, -0.15) is 0 Å². The summed E-state index contributed by atoms with van der Waals surface area (Å²) in [5.41, 5.74) is 6.67. The van der Waals surface area contributed by atoms with Crippen molar-refractivity contribution in [1.82, 2.24) is 0 Å². The number of aliphatic hydroxyl groups excluding tert-OH is 1. The molecule has 3 aromatic rings. The largest absolute Gasteiger partial charge is 0.508 e. The number of aromatic hydroxyl groups is 1. The predicted octanol–water partition coefficient (Wildman–Crippen LogP) is 9.64. The fraction of sp³-hybridized carbons (Fsp3) is 0.391. The van der Waals surface area contributed by atoms with Gasteiger partial charge in [0.25, 0.3) is 0 Å². The highest BCUT2D eigenvalue weighted by Gasteiger charge is 2.68. The van der Waals surface area contributed by atoms with Gasteiger partial charge in [0.2, 0.25) is 0 Å². The van der Waals surface area contributed by atoms with Gasteiger partial charge in [0.1, 0.15) is 17.3 Å². The topological polar surface area (TPSA) is 93.1 Å². The van der Waals surface area contributed by atoms with Crippen molar-refractivity contribution in [3.8, 4) is 16.9 Å². The van der Waals surface area contributed by atoms with Gasteiger partial charge >= 0.3 is 11.9 Å². The van der Waals surface area contributed by atoms with E-state index in [-0.39, 0.29) is 48.0 Å². The van der Waals surface area contributed by atoms with Crippen LogP contribution in [0.2, 0.25) is 0 Å². The lowest BCUT2D eigenvalue weighted by molar-refractivity contribution is -0.135. The first-order chi connectivity index (χ1) is 25.4. The zero-order valence-corrected chi connectivity index (χ0v) is 30.0. The third kappa shape index (κ3) is 5.85. The summed E-state index contributed by atoms with van der Waals surface area (Å²) in [7, 11) is 0. The minimum Gasteiger partial charge on any atom is -0.508 e. The zero-order chi connectivity index (χ0) is 35.8. The molecule has 6 nitrogen and oxygen atoms in total. The van der Waals surface area contributed by atoms with Gasteiger partial charge in [-0.25, -0.2) is 9.59 Å². The number of cyclic esters (lactones) is 2. The van der Waals surface area contributed by atoms with Crippen molar-refractivity contribution in [2.45, 2.75) is 77.6 Å². The van der Waals surface area contributed by atoms with E-state index in [4.69, 9.17) is 14.6 Å². The van der Waals surface area contributed by atoms with Gasteiger partial charge in [-0.15, -0.1) is 0 Å². The predicted molar refractivity (Wildman–Crippen MR) is 201 cm³/mol. The van der Waals surface area contributed by atoms with E-state index in [0.29, 0.717) is 23.5 Å². The normalized spacial score (nSPS) is 26.8. The third-order valence-corrected chi connectivity index (χ3v) is 12.4. The van der Waals surface area contributed by atoms with Crippen LogP contribution in [0.4, 0.5) is 0 Å². The first-order valence-electron chi connectivity index (χ1n) is 19.3. The van der Waals surface area contributed by atoms with Crippen molar-refractivity contribution in [1.29, 1.82) is 0 Å². The Labute approximate surface area is 306 Å². The van der Waals surface area contributed by atoms with Crippen LogP contribution in [0.5, 0.6) is 5.75 Å². The van der Waals surface area contributed by atoms with Gasteiger partial charge in [-0.1, -0.05) is 86.5 Å². The lowest BCUT2D eigenvalue weighted by atomic mass is 9.44. The van der Waals surface area contributed by atoms with E-state index in [1.807, 2.05) is 36.4 Å². The Morgan fingerprint density at radius 2 is 1.63 bits per heavy atom. The van der Waals surface area contributed by atoms with Crippen molar-refractivity contribution in [3.63, 3.8) is 0 Å². The quantitative estimate of drug-likeness (QED) is 0.145. The van der Waals surface area contributed by atoms with E-state index in [1.165, 1.54) is 5.56 Å². The Balaban J connectivity index is 1.29. The number of phenolic OH excluding ortho intramolecular Hbond substituents is 1. The smallest absolute Gasteiger partial charge is 0.340 e. The Hall–Kier alpha value is -4.68. The van der Waals surface area contributed by atoms with Gasteiger partial charge < -0.3 is 19.7 Å². The second-order valence-electron chi connectivity index (χ2n) is 15.2. The molecule has 1 saturated carbocycles. The average Bonchev–Trinajstić information content (AvgIpc) is 3.65. The molecule has 2 heterocycles. The number of carbonyl (C=O) groups excluding carboxylic acids is 2. The van der Waals surface area contributed by atoms with E-state index < -0.39 is 5.41 Å². The number of benzene rings is 3. The molecule has 2 N–H and O–H groups in total. The van der Waals surface area contributed by atoms with Crippen LogP contribution in [-0.2, 0) is 25.5 Å². The fourth-order valence-corrected chi connectivity index (χ4v) is 10.1. The number of unbranched alkanes of at least 4 members (excludes halogenated alkanes) is 4. The molecule has 5 unspecified atom stereocenters. The van der Waals surface area contributed by atoms with Gasteiger partial charge in [0, 0.05) is 23.7 Å². The lowest BCUT2D eigenvalue weighted by Crippen LogP contribution is -2.52. The van der Waals surface area contributed by atoms with Gasteiger partial charge in [-0.05, 0) is 128 Å². The van der Waals surface area contributed by atoms with Crippen LogP contribution in [0.1, 0.15) is 82.3 Å². The van der Waals surface area contributed by atoms with Crippen LogP contribution in [-0.4, -0.2) is 28.8 Å². The zero-order valence-electron chi connectivity index (χ0n) is 30.0. The molecule has 0 amide bonds. The van der Waals surface area contributed by atoms with Crippen LogP contribution in [0.25, 0.3) is 16.7 Å². The van der Waals surface area contributed by atoms with Gasteiger partial charge in [0.05, 0.1) is 11.0 Å². The van der Waals surface area contributed by atoms with E-state index in [0.717, 1.165) is 97.6 Å². The highest BCUT2D eigenvalue weighted by atomic mass is 16.5. The van der Waals surface area contributed by atoms with Crippen LogP contribution in [0.3, 0.4) is 0 Å². The Morgan fingerprint density at radius 1 is 0.865 bits per heavy atom. The van der Waals surface area contributed by atoms with Crippen LogP contribution in [0, 0.1) is 29.1 Å². The number of phenols is 1. The van der Waals surface area contributed by atoms with Crippen LogP contribution in [0.15, 0.2) is 119 Å². The maximum Gasteiger partial charge on any atom is 0.340 e. The summed E-state index contributed by atoms with van der Waals surface area (Å²) in [4.78, 5) is 28.7. The fourth-order valence-electron chi connectivity index (χ4n) is 10.1. The molecule has 1 spiro atoms. The maximum atomic E-state index is 14.6. The summed E-state index contributed by atoms with van der Waals surface area (Å²) >= 11 is 0. The molecule has 1 saturated heterocycles. The molecular weight excluding hydrogens is 649 g/mol. The average molecular weight is 697 g/mol. The first-order valence-corrected chi connectivity index (χ1v) is 19.3. The second kappa shape index (κ2) is 14.4. The number of carbonyl (C=O) groups is 2. The SMILES string of the molecule is CCC(C=C1OC(=O)C2=C(c3cc(O)ccc3-c3ccccc3)C3CCC12C1C2=C(CCC31)C(=CCCCCCCO)OC2=O)Cc1ccccc1. The Bertz CT molecular complexity index is 1980. The molecule has 2 bridgehead atoms. The molecule has 0 aromatic heterocycles. The molecule has 0 radical (unpaired) electrons. The minimum absolute atomic E-state index is 0.0192. The third-order valence-electron chi connectivity index (χ3n) is 12.4. The molecule has 2 aliphatic heterocycles. The molecule has 6 aliphatic rings. The van der Waals surface area contributed by atoms with E-state index in [9.17, 15) is 14.7 Å². The van der Waals surface area contributed by atoms with Crippen molar-refractivity contribution in [3.05, 3.63) is 130 Å². The first kappa shape index (κ1) is 34.4. The Morgan fingerprint density at radius 3 is 2.40 bits per heavy atom. The number of esters is 2. The van der Waals surface area contributed by atoms with Crippen molar-refractivity contribution in [2.24, 2.45) is 29.1 Å². The number of fused-ring (bicyclic) bond motifs is 1. The van der Waals surface area contributed by atoms with Crippen molar-refractivity contribution in [2.75, 3.05) is 6.61 Å². The van der Waals surface area contributed by atoms with E-state index in [1.54, 1.807) is 6.07 Å². The van der Waals surface area contributed by atoms with Crippen LogP contribution >= 0.6 is 0 Å². The molecule has 4 aliphatic carbocycles. The summed E-state index contributed by atoms with van der Waals surface area (Å²) in [5, 5.41) is 20.1. The van der Waals surface area contributed by atoms with E-state index in [2.05, 4.69) is 55.5 Å². The van der Waals surface area contributed by atoms with Gasteiger partial charge in [-0.3, -0.25) is 0 Å². The number of aliphatic hydroxyl groups is 1. The number of ether oxygens (including phenoxy) is 2. The summed E-state index contributed by atoms with van der Waals surface area (Å²) < 4.78 is 12.6. The number of hydrogen-bond donors (Lipinski definition) is 2. The molecule has 6 heteroatoms. The lowest BCUT2D eigenvalue weighted by Gasteiger charge is -2.56. The second-order valence-corrected chi connectivity index (χ2v) is 15.2. The molecule has 5 atom stereocenters. The molecule has 2 fully saturated rings. The number of rotatable bonds is 12. The van der Waals surface area contributed by atoms with Crippen LogP contribution < -0.4 is 0 Å². The molecule has 9 rings (SSSR count). The Kier molecular flexibility index (Phi) is 9.52. The van der Waals surface area contributed by atoms with Crippen molar-refractivity contribution < 1.29 is 29.3 Å². The highest BCUT2D eigenvalue weighted by Crippen LogP contribution is 2.72. The summed E-state index contributed by atoms with van der Waals surface area (Å²) in [5.74, 6) is 0.942. The highest BCUT2D eigenvalue weighted by molar-refractivity contribution is 6.07. The molecule has 268 valence electrons. The van der Waals surface area contributed by atoms with Crippen molar-refractivity contribution >= 4 is 17.5 Å². The monoisotopic (exact) mass is 696 g/mol. The molecule has 3 aromatic carbocycles. The number of allylic oxidation sites excluding steroid dienone is 5. The maximum absolute atomic E-state index is 14.6. The number of hydrogen-bond acceptors (Lipinski definition) is 6. The molecular formula is C46H48O6. The summed E-state index contributed by atoms with van der Waals surface area (Å²) in [6.45, 7) is 2.39. The van der Waals surface area contributed by atoms with Gasteiger partial charge in [0.15, 0.2) is 0 Å². The molecule has 52 heavy (non-hydrogen) atoms. The minimum atomic E-state index is -0.810. The summed E-state index contributed by atoms with van der Waals surface area (Å²) in [6.07, 6.45) is 13.8. The van der Waals surface area contributed by atoms with E-state index >= 15 is 0 Å². The standard InChI is InChI=1S/C46H48O6/c1-2-29(26-30-14-8-6-9-15-30)27-39-46-24-23-34(35-21-22-36-38(18-12-4-3-5-13-25-47)51-44(49)41(36)42(35)46)40(43(46)45(50)52-39)37-28-32(48)19-20-33(37)31-16-10-7-11-17-31/h6-11,14-20,27-29,34-35,42,47-48H,2-5,12-13,21-26H2,1H3. The summed E-state index contributed by atoms with van der Waals surface area (Å²) in [6, 6.07) is 26.1.